The van der Waals surface area contributed by atoms with Gasteiger partial charge in [-0.1, -0.05) is 24.1 Å². The lowest BCUT2D eigenvalue weighted by Crippen LogP contribution is -2.42. The minimum atomic E-state index is -2.74. The molecule has 1 saturated heterocycles. The predicted molar refractivity (Wildman–Crippen MR) is 207 cm³/mol. The number of aromatic nitrogens is 4. The van der Waals surface area contributed by atoms with E-state index in [1.54, 1.807) is 37.7 Å². The van der Waals surface area contributed by atoms with Crippen LogP contribution in [0.4, 0.5) is 16.6 Å². The summed E-state index contributed by atoms with van der Waals surface area (Å²) in [5.74, 6) is -3.73. The van der Waals surface area contributed by atoms with Crippen molar-refractivity contribution in [1.82, 2.24) is 25.3 Å². The number of benzene rings is 1. The van der Waals surface area contributed by atoms with Crippen molar-refractivity contribution in [3.63, 3.8) is 0 Å². The Morgan fingerprint density at radius 3 is 2.28 bits per heavy atom. The number of carboxylic acid groups (broad SMARTS) is 3. The molecule has 3 heterocycles. The molecule has 23 nitrogen and oxygen atoms in total. The van der Waals surface area contributed by atoms with E-state index in [9.17, 15) is 34.1 Å². The zero-order valence-corrected chi connectivity index (χ0v) is 33.1. The van der Waals surface area contributed by atoms with Crippen LogP contribution in [-0.2, 0) is 41.8 Å². The lowest BCUT2D eigenvalue weighted by atomic mass is 9.96. The quantitative estimate of drug-likeness (QED) is 0.0345. The highest BCUT2D eigenvalue weighted by molar-refractivity contribution is 6.32. The Hall–Kier alpha value is -6.62. The Bertz CT molecular complexity index is 1910. The van der Waals surface area contributed by atoms with Gasteiger partial charge in [0.15, 0.2) is 5.60 Å². The largest absolute Gasteiger partial charge is 0.508 e. The van der Waals surface area contributed by atoms with Crippen LogP contribution >= 0.6 is 11.6 Å². The molecule has 0 radical (unpaired) electrons. The maximum Gasteiger partial charge on any atom is 0.508 e. The summed E-state index contributed by atoms with van der Waals surface area (Å²) in [6, 6.07) is 6.89. The standard InChI is InChI=1S/C30H37ClN8O8.C6H8O7/c1-44-25-10-9-21(16-24(25)31)17-34-27-23(28(40)35-19-26-32-11-7-12-33-26)18-36-29(37-27)38-13-6-8-22(38)20-46-30(41)45-14-4-2-3-5-15-47-39(42)43;7-3(8)1-6(13,5(11)12)2-4(9)10/h7,9-12,16,18,22H,2-6,8,13-15,17,19-20H2,1H3,(H,35,40)(H,34,36,37);13H,1-2H2,(H,7,8)(H,9,10)(H,11,12). The molecule has 1 aliphatic heterocycles. The fourth-order valence-corrected chi connectivity index (χ4v) is 5.82. The molecule has 0 spiro atoms. The molecule has 0 bridgehead atoms. The van der Waals surface area contributed by atoms with Gasteiger partial charge >= 0.3 is 24.1 Å². The number of nitrogens with zero attached hydrogens (tertiary/aromatic N) is 6. The van der Waals surface area contributed by atoms with Gasteiger partial charge in [-0.2, -0.15) is 4.98 Å². The number of anilines is 2. The Morgan fingerprint density at radius 1 is 0.983 bits per heavy atom. The summed E-state index contributed by atoms with van der Waals surface area (Å²) >= 11 is 6.31. The second-order valence-corrected chi connectivity index (χ2v) is 13.4. The van der Waals surface area contributed by atoms with E-state index in [1.165, 1.54) is 6.20 Å². The van der Waals surface area contributed by atoms with E-state index in [2.05, 4.69) is 30.4 Å². The molecule has 3 aromatic rings. The van der Waals surface area contributed by atoms with Gasteiger partial charge in [-0.3, -0.25) is 14.4 Å². The number of aliphatic hydroxyl groups is 1. The molecular weight excluding hydrogens is 820 g/mol. The second-order valence-electron chi connectivity index (χ2n) is 13.0. The van der Waals surface area contributed by atoms with E-state index in [-0.39, 0.29) is 38.0 Å². The highest BCUT2D eigenvalue weighted by Gasteiger charge is 2.40. The van der Waals surface area contributed by atoms with Crippen molar-refractivity contribution in [2.75, 3.05) is 43.7 Å². The van der Waals surface area contributed by atoms with Gasteiger partial charge in [0.05, 0.1) is 50.8 Å². The molecule has 2 aromatic heterocycles. The Morgan fingerprint density at radius 2 is 1.67 bits per heavy atom. The van der Waals surface area contributed by atoms with Gasteiger partial charge in [0.25, 0.3) is 11.0 Å². The first-order chi connectivity index (χ1) is 28.6. The number of nitrogens with one attached hydrogen (secondary N) is 2. The monoisotopic (exact) mass is 864 g/mol. The Balaban J connectivity index is 0.000000636. The van der Waals surface area contributed by atoms with Crippen molar-refractivity contribution < 1.29 is 68.5 Å². The average molecular weight is 865 g/mol. The van der Waals surface area contributed by atoms with E-state index >= 15 is 0 Å². The summed E-state index contributed by atoms with van der Waals surface area (Å²) in [6.45, 7) is 1.37. The number of carbonyl (C=O) groups excluding carboxylic acids is 2. The molecule has 1 unspecified atom stereocenters. The molecule has 6 N–H and O–H groups in total. The van der Waals surface area contributed by atoms with Gasteiger partial charge in [-0.15, -0.1) is 10.1 Å². The van der Waals surface area contributed by atoms with E-state index in [1.807, 2.05) is 11.0 Å². The topological polar surface area (TPSA) is 325 Å². The molecule has 4 rings (SSSR count). The van der Waals surface area contributed by atoms with Crippen LogP contribution in [0.2, 0.25) is 5.02 Å². The number of halogens is 1. The van der Waals surface area contributed by atoms with Crippen molar-refractivity contribution in [1.29, 1.82) is 0 Å². The van der Waals surface area contributed by atoms with Crippen LogP contribution in [-0.4, -0.2) is 121 Å². The minimum absolute atomic E-state index is 0.0478. The molecule has 60 heavy (non-hydrogen) atoms. The normalized spacial score (nSPS) is 13.2. The lowest BCUT2D eigenvalue weighted by molar-refractivity contribution is -0.757. The molecule has 1 atom stereocenters. The zero-order chi connectivity index (χ0) is 44.1. The second kappa shape index (κ2) is 24.3. The van der Waals surface area contributed by atoms with Crippen LogP contribution in [0.3, 0.4) is 0 Å². The van der Waals surface area contributed by atoms with Crippen LogP contribution in [0, 0.1) is 10.1 Å². The number of carboxylic acids is 3. The third kappa shape index (κ3) is 16.3. The summed E-state index contributed by atoms with van der Waals surface area (Å²) in [6.07, 6.45) is 5.77. The van der Waals surface area contributed by atoms with Gasteiger partial charge in [0.2, 0.25) is 5.95 Å². The van der Waals surface area contributed by atoms with E-state index in [0.717, 1.165) is 31.2 Å². The number of amides is 1. The van der Waals surface area contributed by atoms with Gasteiger partial charge in [0.1, 0.15) is 29.6 Å². The molecule has 24 heteroatoms. The molecule has 1 fully saturated rings. The van der Waals surface area contributed by atoms with Crippen molar-refractivity contribution >= 4 is 53.3 Å². The third-order valence-corrected chi connectivity index (χ3v) is 8.79. The summed E-state index contributed by atoms with van der Waals surface area (Å²) in [7, 11) is 1.54. The molecule has 1 aliphatic rings. The predicted octanol–water partition coefficient (Wildman–Crippen LogP) is 3.11. The Labute approximate surface area is 347 Å². The van der Waals surface area contributed by atoms with Crippen LogP contribution in [0.25, 0.3) is 0 Å². The van der Waals surface area contributed by atoms with Gasteiger partial charge in [0, 0.05) is 31.7 Å². The summed E-state index contributed by atoms with van der Waals surface area (Å²) in [4.78, 5) is 89.8. The van der Waals surface area contributed by atoms with Gasteiger partial charge < -0.3 is 55.0 Å². The number of ether oxygens (including phenoxy) is 3. The number of carbonyl (C=O) groups is 5. The molecule has 1 aromatic carbocycles. The first-order valence-electron chi connectivity index (χ1n) is 18.3. The molecular formula is C36H45ClN8O15. The van der Waals surface area contributed by atoms with E-state index in [0.29, 0.717) is 54.3 Å². The number of aliphatic carboxylic acids is 3. The molecule has 326 valence electrons. The zero-order valence-electron chi connectivity index (χ0n) is 32.4. The first kappa shape index (κ1) is 47.8. The van der Waals surface area contributed by atoms with E-state index in [4.69, 9.17) is 51.2 Å². The number of hydrogen-bond donors (Lipinski definition) is 6. The fourth-order valence-electron chi connectivity index (χ4n) is 5.54. The summed E-state index contributed by atoms with van der Waals surface area (Å²) in [5.41, 5.74) is -1.67. The highest BCUT2D eigenvalue weighted by Crippen LogP contribution is 2.28. The molecule has 0 aliphatic carbocycles. The van der Waals surface area contributed by atoms with Crippen LogP contribution in [0.1, 0.15) is 73.1 Å². The van der Waals surface area contributed by atoms with Crippen molar-refractivity contribution in [2.24, 2.45) is 0 Å². The van der Waals surface area contributed by atoms with Crippen LogP contribution in [0.15, 0.2) is 42.9 Å². The number of hydrogen-bond acceptors (Lipinski definition) is 18. The maximum atomic E-state index is 13.2. The van der Waals surface area contributed by atoms with Crippen molar-refractivity contribution in [3.05, 3.63) is 74.9 Å². The van der Waals surface area contributed by atoms with Crippen molar-refractivity contribution in [2.45, 2.75) is 76.1 Å². The molecule has 1 amide bonds. The maximum absolute atomic E-state index is 13.2. The van der Waals surface area contributed by atoms with Gasteiger partial charge in [-0.05, 0) is 55.9 Å². The number of unbranched alkanes of at least 4 members (excludes halogenated alkanes) is 3. The SMILES string of the molecule is COc1ccc(CNc2nc(N3CCCC3COC(=O)OCCCCCCO[N+](=O)[O-])ncc2C(=O)NCc2ncccn2)cc1Cl.O=C(O)CC(O)(CC(=O)O)C(=O)O. The third-order valence-electron chi connectivity index (χ3n) is 8.49. The smallest absolute Gasteiger partial charge is 0.495 e. The minimum Gasteiger partial charge on any atom is -0.495 e. The summed E-state index contributed by atoms with van der Waals surface area (Å²) in [5, 5.41) is 49.7. The Kier molecular flexibility index (Phi) is 19.4. The number of methoxy groups -OCH3 is 1. The fraction of sp³-hybridized carbons (Fsp3) is 0.472. The molecule has 0 saturated carbocycles. The van der Waals surface area contributed by atoms with Gasteiger partial charge in [-0.25, -0.2) is 24.5 Å². The average Bonchev–Trinajstić information content (AvgIpc) is 3.68. The van der Waals surface area contributed by atoms with Crippen LogP contribution < -0.4 is 20.3 Å². The number of rotatable bonds is 23. The highest BCUT2D eigenvalue weighted by atomic mass is 35.5. The summed E-state index contributed by atoms with van der Waals surface area (Å²) < 4.78 is 15.8. The first-order valence-corrected chi connectivity index (χ1v) is 18.7. The van der Waals surface area contributed by atoms with Crippen molar-refractivity contribution in [3.8, 4) is 5.75 Å². The lowest BCUT2D eigenvalue weighted by Gasteiger charge is -2.25. The van der Waals surface area contributed by atoms with E-state index < -0.39 is 53.5 Å². The van der Waals surface area contributed by atoms with Crippen LogP contribution in [0.5, 0.6) is 5.75 Å².